The number of hydrogen-bond acceptors (Lipinski definition) is 6. The van der Waals surface area contributed by atoms with Crippen LogP contribution >= 0.6 is 46.8 Å². The molecule has 1 amide bonds. The number of nitro benzene ring substituents is 1. The molecule has 0 aromatic heterocycles. The zero-order valence-corrected chi connectivity index (χ0v) is 21.0. The number of benzene rings is 3. The largest absolute Gasteiger partial charge is 0.336 e. The van der Waals surface area contributed by atoms with Crippen LogP contribution in [0.25, 0.3) is 0 Å². The number of alkyl halides is 3. The van der Waals surface area contributed by atoms with Crippen LogP contribution in [0.2, 0.25) is 0 Å². The summed E-state index contributed by atoms with van der Waals surface area (Å²) in [6.45, 7) is 0. The SMILES string of the molecule is O=C(NC(NCSNc1ccc(F)c([N+](=O)[O-])c1)C(Cl)(Cl)Cl)C(c1ccccc1)c1ccccc1. The number of hydrogen-bond donors (Lipinski definition) is 3. The molecule has 0 saturated heterocycles. The van der Waals surface area contributed by atoms with Gasteiger partial charge in [-0.15, -0.1) is 0 Å². The first-order valence-electron chi connectivity index (χ1n) is 10.2. The lowest BCUT2D eigenvalue weighted by atomic mass is 9.90. The molecule has 7 nitrogen and oxygen atoms in total. The van der Waals surface area contributed by atoms with Gasteiger partial charge in [0.25, 0.3) is 0 Å². The molecule has 3 aromatic rings. The van der Waals surface area contributed by atoms with Gasteiger partial charge in [0.15, 0.2) is 0 Å². The number of carbonyl (C=O) groups excluding carboxylic acids is 1. The Labute approximate surface area is 220 Å². The van der Waals surface area contributed by atoms with Crippen molar-refractivity contribution in [3.63, 3.8) is 0 Å². The van der Waals surface area contributed by atoms with Gasteiger partial charge in [-0.05, 0) is 35.2 Å². The van der Waals surface area contributed by atoms with E-state index in [0.29, 0.717) is 5.69 Å². The van der Waals surface area contributed by atoms with Gasteiger partial charge in [0, 0.05) is 6.07 Å². The molecule has 1 unspecified atom stereocenters. The summed E-state index contributed by atoms with van der Waals surface area (Å²) in [6, 6.07) is 21.9. The normalized spacial score (nSPS) is 12.3. The summed E-state index contributed by atoms with van der Waals surface area (Å²) in [5.74, 6) is -1.82. The smallest absolute Gasteiger partial charge is 0.306 e. The molecule has 3 N–H and O–H groups in total. The van der Waals surface area contributed by atoms with Crippen molar-refractivity contribution in [2.45, 2.75) is 15.9 Å². The van der Waals surface area contributed by atoms with Gasteiger partial charge in [-0.2, -0.15) is 4.39 Å². The second-order valence-electron chi connectivity index (χ2n) is 7.26. The molecule has 3 rings (SSSR count). The summed E-state index contributed by atoms with van der Waals surface area (Å²) in [4.78, 5) is 23.4. The molecule has 0 saturated carbocycles. The topological polar surface area (TPSA) is 96.3 Å². The highest BCUT2D eigenvalue weighted by molar-refractivity contribution is 8.00. The van der Waals surface area contributed by atoms with Crippen molar-refractivity contribution >= 4 is 64.0 Å². The molecule has 184 valence electrons. The highest BCUT2D eigenvalue weighted by Gasteiger charge is 2.35. The van der Waals surface area contributed by atoms with E-state index in [1.54, 1.807) is 0 Å². The number of carbonyl (C=O) groups is 1. The van der Waals surface area contributed by atoms with Gasteiger partial charge in [-0.3, -0.25) is 20.2 Å². The van der Waals surface area contributed by atoms with Gasteiger partial charge < -0.3 is 10.0 Å². The number of nitrogens with zero attached hydrogens (tertiary/aromatic N) is 1. The van der Waals surface area contributed by atoms with Crippen LogP contribution in [-0.2, 0) is 4.79 Å². The molecular formula is C23H20Cl3FN4O3S. The van der Waals surface area contributed by atoms with Crippen molar-refractivity contribution in [1.82, 2.24) is 10.6 Å². The van der Waals surface area contributed by atoms with Crippen molar-refractivity contribution in [2.24, 2.45) is 0 Å². The third kappa shape index (κ3) is 7.71. The van der Waals surface area contributed by atoms with E-state index in [4.69, 9.17) is 34.8 Å². The molecule has 0 bridgehead atoms. The first kappa shape index (κ1) is 27.0. The molecule has 3 aromatic carbocycles. The van der Waals surface area contributed by atoms with Crippen LogP contribution in [0.4, 0.5) is 15.8 Å². The third-order valence-corrected chi connectivity index (χ3v) is 6.18. The van der Waals surface area contributed by atoms with Crippen molar-refractivity contribution in [2.75, 3.05) is 10.6 Å². The van der Waals surface area contributed by atoms with Gasteiger partial charge in [-0.1, -0.05) is 95.5 Å². The van der Waals surface area contributed by atoms with Crippen molar-refractivity contribution in [3.8, 4) is 0 Å². The Balaban J connectivity index is 1.67. The van der Waals surface area contributed by atoms with E-state index >= 15 is 0 Å². The molecule has 0 aliphatic heterocycles. The Kier molecular flexibility index (Phi) is 9.59. The van der Waals surface area contributed by atoms with E-state index in [-0.39, 0.29) is 11.8 Å². The third-order valence-electron chi connectivity index (χ3n) is 4.83. The van der Waals surface area contributed by atoms with Gasteiger partial charge in [0.05, 0.1) is 22.4 Å². The van der Waals surface area contributed by atoms with E-state index in [1.165, 1.54) is 6.07 Å². The average molecular weight is 558 g/mol. The lowest BCUT2D eigenvalue weighted by molar-refractivity contribution is -0.387. The Hall–Kier alpha value is -2.56. The number of nitro groups is 1. The standard InChI is InChI=1S/C23H20Cl3FN4O3S/c24-23(25,26)22(28-14-35-30-17-11-12-18(27)19(13-17)31(33)34)29-21(32)20(15-7-3-1-4-8-15)16-9-5-2-6-10-16/h1-13,20,22,28,30H,14H2,(H,29,32). The number of amides is 1. The van der Waals surface area contributed by atoms with Crippen LogP contribution in [0.5, 0.6) is 0 Å². The van der Waals surface area contributed by atoms with Crippen molar-refractivity contribution in [3.05, 3.63) is 106 Å². The average Bonchev–Trinajstić information content (AvgIpc) is 2.82. The van der Waals surface area contributed by atoms with Gasteiger partial charge in [0.1, 0.15) is 6.17 Å². The van der Waals surface area contributed by atoms with Gasteiger partial charge in [-0.25, -0.2) is 0 Å². The second-order valence-corrected chi connectivity index (χ2v) is 10.4. The number of nitrogens with one attached hydrogen (secondary N) is 3. The van der Waals surface area contributed by atoms with Crippen molar-refractivity contribution in [1.29, 1.82) is 0 Å². The fraction of sp³-hybridized carbons (Fsp3) is 0.174. The molecule has 35 heavy (non-hydrogen) atoms. The van der Waals surface area contributed by atoms with Gasteiger partial charge in [0.2, 0.25) is 15.5 Å². The summed E-state index contributed by atoms with van der Waals surface area (Å²) < 4.78 is 14.5. The molecule has 0 aliphatic rings. The summed E-state index contributed by atoms with van der Waals surface area (Å²) in [7, 11) is 0. The van der Waals surface area contributed by atoms with E-state index < -0.39 is 32.3 Å². The highest BCUT2D eigenvalue weighted by Crippen LogP contribution is 2.31. The van der Waals surface area contributed by atoms with E-state index in [9.17, 15) is 19.3 Å². The maximum absolute atomic E-state index is 13.5. The van der Waals surface area contributed by atoms with Crippen LogP contribution in [0.15, 0.2) is 78.9 Å². The van der Waals surface area contributed by atoms with Crippen LogP contribution < -0.4 is 15.4 Å². The maximum Gasteiger partial charge on any atom is 0.306 e. The first-order chi connectivity index (χ1) is 16.7. The number of rotatable bonds is 10. The monoisotopic (exact) mass is 556 g/mol. The quantitative estimate of drug-likeness (QED) is 0.0708. The summed E-state index contributed by atoms with van der Waals surface area (Å²) in [5, 5.41) is 16.6. The van der Waals surface area contributed by atoms with Gasteiger partial charge >= 0.3 is 5.69 Å². The molecule has 0 heterocycles. The molecule has 0 spiro atoms. The van der Waals surface area contributed by atoms with Crippen LogP contribution in [0, 0.1) is 15.9 Å². The fourth-order valence-electron chi connectivity index (χ4n) is 3.22. The minimum Gasteiger partial charge on any atom is -0.336 e. The Morgan fingerprint density at radius 2 is 1.57 bits per heavy atom. The zero-order valence-electron chi connectivity index (χ0n) is 18.0. The minimum atomic E-state index is -1.89. The molecule has 12 heteroatoms. The molecule has 0 aliphatic carbocycles. The maximum atomic E-state index is 13.5. The van der Waals surface area contributed by atoms with Crippen LogP contribution in [0.3, 0.4) is 0 Å². The second kappa shape index (κ2) is 12.4. The Bertz CT molecular complexity index is 1110. The lowest BCUT2D eigenvalue weighted by Crippen LogP contribution is -2.54. The molecule has 0 fully saturated rings. The Morgan fingerprint density at radius 1 is 1.00 bits per heavy atom. The predicted octanol–water partition coefficient (Wildman–Crippen LogP) is 5.99. The van der Waals surface area contributed by atoms with Crippen LogP contribution in [-0.4, -0.2) is 26.7 Å². The fourth-order valence-corrected chi connectivity index (χ4v) is 4.23. The molecule has 1 atom stereocenters. The Morgan fingerprint density at radius 3 is 2.09 bits per heavy atom. The summed E-state index contributed by atoms with van der Waals surface area (Å²) >= 11 is 19.4. The zero-order chi connectivity index (χ0) is 25.4. The predicted molar refractivity (Wildman–Crippen MR) is 139 cm³/mol. The molecular weight excluding hydrogens is 538 g/mol. The van der Waals surface area contributed by atoms with Crippen molar-refractivity contribution < 1.29 is 14.1 Å². The summed E-state index contributed by atoms with van der Waals surface area (Å²) in [6.07, 6.45) is -1.06. The van der Waals surface area contributed by atoms with E-state index in [0.717, 1.165) is 35.2 Å². The summed E-state index contributed by atoms with van der Waals surface area (Å²) in [5.41, 5.74) is 1.21. The molecule has 0 radical (unpaired) electrons. The van der Waals surface area contributed by atoms with Crippen LogP contribution in [0.1, 0.15) is 17.0 Å². The first-order valence-corrected chi connectivity index (χ1v) is 12.3. The number of anilines is 1. The van der Waals surface area contributed by atoms with E-state index in [1.807, 2.05) is 60.7 Å². The minimum absolute atomic E-state index is 0.130. The lowest BCUT2D eigenvalue weighted by Gasteiger charge is -2.29. The van der Waals surface area contributed by atoms with E-state index in [2.05, 4.69) is 15.4 Å². The highest BCUT2D eigenvalue weighted by atomic mass is 35.6. The number of halogens is 4.